The van der Waals surface area contributed by atoms with Crippen LogP contribution >= 0.6 is 8.46 Å². The smallest absolute Gasteiger partial charge is 0.335 e. The maximum absolute atomic E-state index is 11.7. The van der Waals surface area contributed by atoms with Gasteiger partial charge in [0.1, 0.15) is 11.4 Å². The number of amides is 1. The van der Waals surface area contributed by atoms with E-state index < -0.39 is 25.9 Å². The van der Waals surface area contributed by atoms with E-state index in [1.165, 1.54) is 13.0 Å². The third-order valence-corrected chi connectivity index (χ3v) is 6.01. The molecule has 9 heteroatoms. The second kappa shape index (κ2) is 10.7. The Kier molecular flexibility index (Phi) is 8.63. The van der Waals surface area contributed by atoms with E-state index in [0.29, 0.717) is 25.9 Å². The molecule has 0 bridgehead atoms. The molecular formula is C19H29N2O6P. The lowest BCUT2D eigenvalue weighted by Crippen LogP contribution is -2.51. The van der Waals surface area contributed by atoms with Crippen LogP contribution in [0.4, 0.5) is 0 Å². The van der Waals surface area contributed by atoms with Gasteiger partial charge in [-0.15, -0.1) is 0 Å². The van der Waals surface area contributed by atoms with Crippen molar-refractivity contribution in [1.29, 1.82) is 0 Å². The summed E-state index contributed by atoms with van der Waals surface area (Å²) < 4.78 is 17.5. The summed E-state index contributed by atoms with van der Waals surface area (Å²) in [6.45, 7) is 2.66. The first-order valence-electron chi connectivity index (χ1n) is 9.47. The number of benzene rings is 1. The summed E-state index contributed by atoms with van der Waals surface area (Å²) in [6, 6.07) is 6.46. The molecule has 8 nitrogen and oxygen atoms in total. The lowest BCUT2D eigenvalue weighted by molar-refractivity contribution is -0.118. The first-order chi connectivity index (χ1) is 13.4. The monoisotopic (exact) mass is 412 g/mol. The Morgan fingerprint density at radius 2 is 2.14 bits per heavy atom. The van der Waals surface area contributed by atoms with Gasteiger partial charge in [0.15, 0.2) is 0 Å². The van der Waals surface area contributed by atoms with E-state index in [2.05, 4.69) is 10.6 Å². The molecule has 1 fully saturated rings. The number of aromatic carboxylic acids is 1. The maximum Gasteiger partial charge on any atom is 0.335 e. The van der Waals surface area contributed by atoms with Crippen LogP contribution in [0.2, 0.25) is 0 Å². The predicted octanol–water partition coefficient (Wildman–Crippen LogP) is 1.56. The quantitative estimate of drug-likeness (QED) is 0.339. The zero-order chi connectivity index (χ0) is 20.6. The summed E-state index contributed by atoms with van der Waals surface area (Å²) in [5, 5.41) is 24.5. The van der Waals surface area contributed by atoms with E-state index >= 15 is 0 Å². The van der Waals surface area contributed by atoms with Gasteiger partial charge in [-0.1, -0.05) is 18.6 Å². The number of carbonyl (C=O) groups is 2. The molecule has 0 saturated carbocycles. The van der Waals surface area contributed by atoms with E-state index in [4.69, 9.17) is 9.84 Å². The number of carboxylic acid groups (broad SMARTS) is 1. The summed E-state index contributed by atoms with van der Waals surface area (Å²) in [7, 11) is -1.44. The first-order valence-corrected chi connectivity index (χ1v) is 10.5. The number of carboxylic acids is 1. The fourth-order valence-electron chi connectivity index (χ4n) is 3.27. The van der Waals surface area contributed by atoms with Crippen molar-refractivity contribution in [2.45, 2.75) is 50.1 Å². The summed E-state index contributed by atoms with van der Waals surface area (Å²) in [4.78, 5) is 21.9. The van der Waals surface area contributed by atoms with Crippen molar-refractivity contribution in [3.63, 3.8) is 0 Å². The minimum atomic E-state index is -1.44. The molecule has 0 aliphatic carbocycles. The fraction of sp³-hybridized carbons (Fsp3) is 0.579. The predicted molar refractivity (Wildman–Crippen MR) is 106 cm³/mol. The molecule has 1 aromatic carbocycles. The Bertz CT molecular complexity index is 693. The molecule has 1 aliphatic rings. The molecule has 1 saturated heterocycles. The Labute approximate surface area is 165 Å². The van der Waals surface area contributed by atoms with Crippen LogP contribution in [0.25, 0.3) is 0 Å². The van der Waals surface area contributed by atoms with Gasteiger partial charge >= 0.3 is 5.97 Å². The van der Waals surface area contributed by atoms with Crippen LogP contribution in [0.3, 0.4) is 0 Å². The number of aliphatic hydroxyl groups is 1. The molecule has 1 aliphatic heterocycles. The van der Waals surface area contributed by atoms with Crippen LogP contribution in [0.5, 0.6) is 0 Å². The summed E-state index contributed by atoms with van der Waals surface area (Å²) in [5.41, 5.74) is 1.01. The van der Waals surface area contributed by atoms with Gasteiger partial charge in [-0.2, -0.15) is 0 Å². The van der Waals surface area contributed by atoms with Crippen LogP contribution in [-0.2, 0) is 14.1 Å². The number of unbranched alkanes of at least 4 members (excludes halogenated alkanes) is 2. The number of morpholine rings is 1. The normalized spacial score (nSPS) is 22.1. The Morgan fingerprint density at radius 3 is 2.75 bits per heavy atom. The molecule has 4 N–H and O–H groups in total. The number of rotatable bonds is 10. The summed E-state index contributed by atoms with van der Waals surface area (Å²) >= 11 is 0. The van der Waals surface area contributed by atoms with Crippen LogP contribution in [-0.4, -0.2) is 53.2 Å². The molecule has 28 heavy (non-hydrogen) atoms. The average molecular weight is 412 g/mol. The van der Waals surface area contributed by atoms with Gasteiger partial charge < -0.3 is 30.1 Å². The third-order valence-electron chi connectivity index (χ3n) is 4.94. The van der Waals surface area contributed by atoms with Crippen molar-refractivity contribution in [1.82, 2.24) is 10.6 Å². The molecule has 1 aromatic rings. The van der Waals surface area contributed by atoms with Crippen LogP contribution in [0.15, 0.2) is 24.3 Å². The molecule has 1 heterocycles. The molecule has 1 amide bonds. The number of carbonyl (C=O) groups excluding carboxylic acids is 1. The summed E-state index contributed by atoms with van der Waals surface area (Å²) in [6.07, 6.45) is 2.10. The number of hydrogen-bond acceptors (Lipinski definition) is 6. The molecule has 0 radical (unpaired) electrons. The van der Waals surface area contributed by atoms with Gasteiger partial charge in [-0.25, -0.2) is 4.79 Å². The Balaban J connectivity index is 1.84. The summed E-state index contributed by atoms with van der Waals surface area (Å²) in [5.74, 6) is -1.05. The zero-order valence-corrected chi connectivity index (χ0v) is 17.2. The van der Waals surface area contributed by atoms with Crippen LogP contribution in [0, 0.1) is 0 Å². The second-order valence-electron chi connectivity index (χ2n) is 7.12. The topological polar surface area (TPSA) is 125 Å². The van der Waals surface area contributed by atoms with Crippen molar-refractivity contribution >= 4 is 20.3 Å². The highest BCUT2D eigenvalue weighted by atomic mass is 31.1. The highest BCUT2D eigenvalue weighted by molar-refractivity contribution is 7.25. The van der Waals surface area contributed by atoms with E-state index in [0.717, 1.165) is 18.4 Å². The maximum atomic E-state index is 11.7. The highest BCUT2D eigenvalue weighted by Crippen LogP contribution is 2.34. The van der Waals surface area contributed by atoms with Crippen LogP contribution in [0.1, 0.15) is 54.6 Å². The van der Waals surface area contributed by atoms with Crippen molar-refractivity contribution in [3.05, 3.63) is 35.4 Å². The van der Waals surface area contributed by atoms with Gasteiger partial charge in [0, 0.05) is 20.0 Å². The molecule has 2 unspecified atom stereocenters. The Morgan fingerprint density at radius 1 is 1.36 bits per heavy atom. The van der Waals surface area contributed by atoms with E-state index in [1.54, 1.807) is 12.1 Å². The van der Waals surface area contributed by atoms with E-state index in [-0.39, 0.29) is 24.1 Å². The van der Waals surface area contributed by atoms with Crippen molar-refractivity contribution in [2.24, 2.45) is 0 Å². The number of ether oxygens (including phenoxy) is 1. The standard InChI is InChI=1S/C19H29N2O6P/c1-13(22)20-9-4-2-3-8-19(25,28-26)17-11-21-16(12-27-17)14-6-5-7-15(10-14)18(23)24/h5-7,10,16-17,21,25H,2-4,8-9,11-12,28H2,1H3,(H,20,22)(H,23,24)/t16-,17+,19?/m0/s1. The van der Waals surface area contributed by atoms with Gasteiger partial charge in [-0.3, -0.25) is 4.79 Å². The second-order valence-corrected chi connectivity index (χ2v) is 8.35. The first kappa shape index (κ1) is 22.6. The third kappa shape index (κ3) is 6.41. The lowest BCUT2D eigenvalue weighted by atomic mass is 10.00. The number of nitrogens with one attached hydrogen (secondary N) is 2. The van der Waals surface area contributed by atoms with Crippen molar-refractivity contribution in [3.8, 4) is 0 Å². The van der Waals surface area contributed by atoms with Gasteiger partial charge in [0.05, 0.1) is 26.7 Å². The fourth-order valence-corrected chi connectivity index (χ4v) is 3.96. The van der Waals surface area contributed by atoms with Crippen molar-refractivity contribution < 1.29 is 29.1 Å². The minimum absolute atomic E-state index is 0.0642. The average Bonchev–Trinajstić information content (AvgIpc) is 2.70. The van der Waals surface area contributed by atoms with E-state index in [9.17, 15) is 19.3 Å². The Hall–Kier alpha value is -1.73. The van der Waals surface area contributed by atoms with Crippen LogP contribution < -0.4 is 10.6 Å². The highest BCUT2D eigenvalue weighted by Gasteiger charge is 2.39. The van der Waals surface area contributed by atoms with Gasteiger partial charge in [0.25, 0.3) is 0 Å². The van der Waals surface area contributed by atoms with Crippen molar-refractivity contribution in [2.75, 3.05) is 19.7 Å². The van der Waals surface area contributed by atoms with Gasteiger partial charge in [0.2, 0.25) is 5.91 Å². The lowest BCUT2D eigenvalue weighted by Gasteiger charge is -2.38. The largest absolute Gasteiger partial charge is 0.478 e. The molecule has 4 atom stereocenters. The molecule has 0 aromatic heterocycles. The number of hydrogen-bond donors (Lipinski definition) is 4. The minimum Gasteiger partial charge on any atom is -0.478 e. The SMILES string of the molecule is CC(=O)NCCCCCC(O)([PH2]=O)[C@H]1CN[C@H](c2cccc(C(=O)O)c2)CO1. The molecule has 0 spiro atoms. The van der Waals surface area contributed by atoms with Gasteiger partial charge in [-0.05, 0) is 37.0 Å². The van der Waals surface area contributed by atoms with E-state index in [1.807, 2.05) is 6.07 Å². The molecule has 2 rings (SSSR count). The molecular weight excluding hydrogens is 383 g/mol. The molecule has 156 valence electrons. The zero-order valence-electron chi connectivity index (χ0n) is 16.0.